The molecule has 2 bridgehead atoms. The summed E-state index contributed by atoms with van der Waals surface area (Å²) >= 11 is 0. The third kappa shape index (κ3) is 4.75. The lowest BCUT2D eigenvalue weighted by atomic mass is 9.67. The Balaban J connectivity index is 0.00000256. The van der Waals surface area contributed by atoms with Gasteiger partial charge in [0.1, 0.15) is 17.6 Å². The number of tetrazole rings is 1. The molecule has 1 heterocycles. The maximum Gasteiger partial charge on any atom is 0.245 e. The first-order valence-electron chi connectivity index (χ1n) is 10.5. The predicted molar refractivity (Wildman–Crippen MR) is 116 cm³/mol. The fourth-order valence-corrected chi connectivity index (χ4v) is 5.12. The van der Waals surface area contributed by atoms with Crippen molar-refractivity contribution in [2.24, 2.45) is 17.6 Å². The van der Waals surface area contributed by atoms with Crippen LogP contribution in [0.3, 0.4) is 0 Å². The molecule has 0 saturated heterocycles. The van der Waals surface area contributed by atoms with Crippen molar-refractivity contribution in [2.75, 3.05) is 7.11 Å². The Bertz CT molecular complexity index is 846. The molecule has 30 heavy (non-hydrogen) atoms. The van der Waals surface area contributed by atoms with E-state index in [0.717, 1.165) is 37.0 Å². The van der Waals surface area contributed by atoms with E-state index in [1.807, 2.05) is 31.2 Å². The summed E-state index contributed by atoms with van der Waals surface area (Å²) in [5.74, 6) is 2.30. The maximum absolute atomic E-state index is 13.4. The van der Waals surface area contributed by atoms with Gasteiger partial charge in [0.15, 0.2) is 0 Å². The van der Waals surface area contributed by atoms with Crippen LogP contribution in [0.5, 0.6) is 5.75 Å². The molecule has 1 aromatic heterocycles. The minimum absolute atomic E-state index is 0. The van der Waals surface area contributed by atoms with Gasteiger partial charge < -0.3 is 15.8 Å². The second-order valence-electron chi connectivity index (χ2n) is 8.46. The number of rotatable bonds is 6. The lowest BCUT2D eigenvalue weighted by molar-refractivity contribution is -0.127. The van der Waals surface area contributed by atoms with Crippen molar-refractivity contribution in [1.29, 1.82) is 0 Å². The molecule has 2 aliphatic carbocycles. The molecule has 3 unspecified atom stereocenters. The third-order valence-electron chi connectivity index (χ3n) is 6.50. The van der Waals surface area contributed by atoms with Crippen LogP contribution in [0.15, 0.2) is 24.3 Å². The van der Waals surface area contributed by atoms with Gasteiger partial charge in [-0.2, -0.15) is 0 Å². The normalized spacial score (nSPS) is 26.4. The monoisotopic (exact) mass is 434 g/mol. The van der Waals surface area contributed by atoms with Crippen molar-refractivity contribution in [1.82, 2.24) is 25.5 Å². The van der Waals surface area contributed by atoms with E-state index in [0.29, 0.717) is 24.1 Å². The van der Waals surface area contributed by atoms with E-state index in [4.69, 9.17) is 10.5 Å². The van der Waals surface area contributed by atoms with Crippen LogP contribution in [0.1, 0.15) is 49.5 Å². The van der Waals surface area contributed by atoms with Gasteiger partial charge in [-0.05, 0) is 72.6 Å². The number of nitrogens with one attached hydrogen (secondary N) is 1. The summed E-state index contributed by atoms with van der Waals surface area (Å²) in [7, 11) is 1.64. The average Bonchev–Trinajstić information content (AvgIpc) is 3.12. The van der Waals surface area contributed by atoms with E-state index in [1.165, 1.54) is 6.42 Å². The van der Waals surface area contributed by atoms with E-state index >= 15 is 0 Å². The highest BCUT2D eigenvalue weighted by Crippen LogP contribution is 2.40. The molecular weight excluding hydrogens is 404 g/mol. The summed E-state index contributed by atoms with van der Waals surface area (Å²) in [6.45, 7) is 1.82. The van der Waals surface area contributed by atoms with Gasteiger partial charge in [0, 0.05) is 18.5 Å². The molecular formula is C21H31ClN6O2. The van der Waals surface area contributed by atoms with E-state index in [9.17, 15) is 4.79 Å². The Morgan fingerprint density at radius 1 is 1.33 bits per heavy atom. The highest BCUT2D eigenvalue weighted by atomic mass is 35.5. The zero-order valence-corrected chi connectivity index (χ0v) is 18.3. The standard InChI is InChI=1S/C21H30N6O2.ClH/c1-13-24-25-26-27(13)19(10-14-5-3-8-18(9-14)29-2)21(28)23-20-15-6-4-7-16(20)12-17(22)11-15;/h3,5,8-9,15-17,19-20H,4,6-7,10-12,22H2,1-2H3,(H,23,28);1H. The topological polar surface area (TPSA) is 108 Å². The first kappa shape index (κ1) is 22.5. The Labute approximate surface area is 183 Å². The predicted octanol–water partition coefficient (Wildman–Crippen LogP) is 2.22. The van der Waals surface area contributed by atoms with Gasteiger partial charge in [-0.1, -0.05) is 18.6 Å². The van der Waals surface area contributed by atoms with Gasteiger partial charge in [0.2, 0.25) is 5.91 Å². The van der Waals surface area contributed by atoms with Gasteiger partial charge in [-0.25, -0.2) is 4.68 Å². The summed E-state index contributed by atoms with van der Waals surface area (Å²) < 4.78 is 6.96. The lowest BCUT2D eigenvalue weighted by Gasteiger charge is -2.45. The highest BCUT2D eigenvalue weighted by Gasteiger charge is 2.41. The van der Waals surface area contributed by atoms with Crippen LogP contribution in [0.25, 0.3) is 0 Å². The van der Waals surface area contributed by atoms with Crippen LogP contribution in [0, 0.1) is 18.8 Å². The van der Waals surface area contributed by atoms with Crippen LogP contribution in [-0.2, 0) is 11.2 Å². The van der Waals surface area contributed by atoms with Crippen LogP contribution >= 0.6 is 12.4 Å². The SMILES string of the molecule is COc1cccc(CC(C(=O)NC2C3CCCC2CC(N)C3)n2nnnc2C)c1.Cl. The van der Waals surface area contributed by atoms with Gasteiger partial charge in [-0.3, -0.25) is 4.79 Å². The Morgan fingerprint density at radius 3 is 2.70 bits per heavy atom. The van der Waals surface area contributed by atoms with Crippen LogP contribution in [0.2, 0.25) is 0 Å². The van der Waals surface area contributed by atoms with Gasteiger partial charge in [0.25, 0.3) is 0 Å². The molecule has 1 amide bonds. The fraction of sp³-hybridized carbons (Fsp3) is 0.619. The number of nitrogens with two attached hydrogens (primary N) is 1. The first-order valence-corrected chi connectivity index (χ1v) is 10.5. The molecule has 2 fully saturated rings. The number of benzene rings is 1. The molecule has 9 heteroatoms. The largest absolute Gasteiger partial charge is 0.497 e. The quantitative estimate of drug-likeness (QED) is 0.721. The Kier molecular flexibility index (Phi) is 7.31. The van der Waals surface area contributed by atoms with Gasteiger partial charge in [-0.15, -0.1) is 17.5 Å². The molecule has 2 aliphatic rings. The number of methoxy groups -OCH3 is 1. The molecule has 8 nitrogen and oxygen atoms in total. The number of fused-ring (bicyclic) bond motifs is 2. The number of aromatic nitrogens is 4. The highest BCUT2D eigenvalue weighted by molar-refractivity contribution is 5.85. The molecule has 0 spiro atoms. The van der Waals surface area contributed by atoms with E-state index < -0.39 is 6.04 Å². The Hall–Kier alpha value is -2.19. The number of carbonyl (C=O) groups excluding carboxylic acids is 1. The van der Waals surface area contributed by atoms with Crippen LogP contribution in [-0.4, -0.2) is 45.3 Å². The molecule has 3 atom stereocenters. The summed E-state index contributed by atoms with van der Waals surface area (Å²) in [4.78, 5) is 13.4. The smallest absolute Gasteiger partial charge is 0.245 e. The minimum Gasteiger partial charge on any atom is -0.497 e. The van der Waals surface area contributed by atoms with E-state index in [2.05, 4.69) is 20.8 Å². The summed E-state index contributed by atoms with van der Waals surface area (Å²) in [5.41, 5.74) is 7.25. The summed E-state index contributed by atoms with van der Waals surface area (Å²) in [5, 5.41) is 15.2. The summed E-state index contributed by atoms with van der Waals surface area (Å²) in [6.07, 6.45) is 5.99. The molecule has 2 aromatic rings. The number of hydrogen-bond acceptors (Lipinski definition) is 6. The zero-order valence-electron chi connectivity index (χ0n) is 17.5. The van der Waals surface area contributed by atoms with Crippen molar-refractivity contribution < 1.29 is 9.53 Å². The third-order valence-corrected chi connectivity index (χ3v) is 6.50. The van der Waals surface area contributed by atoms with Crippen molar-refractivity contribution in [3.05, 3.63) is 35.7 Å². The average molecular weight is 435 g/mol. The second-order valence-corrected chi connectivity index (χ2v) is 8.46. The maximum atomic E-state index is 13.4. The summed E-state index contributed by atoms with van der Waals surface area (Å²) in [6, 6.07) is 7.72. The number of halogens is 1. The molecule has 0 radical (unpaired) electrons. The number of hydrogen-bond donors (Lipinski definition) is 2. The number of amides is 1. The van der Waals surface area contributed by atoms with Crippen molar-refractivity contribution in [2.45, 2.75) is 63.6 Å². The van der Waals surface area contributed by atoms with Crippen molar-refractivity contribution in [3.8, 4) is 5.75 Å². The van der Waals surface area contributed by atoms with Gasteiger partial charge >= 0.3 is 0 Å². The molecule has 3 N–H and O–H groups in total. The molecule has 2 saturated carbocycles. The van der Waals surface area contributed by atoms with Crippen LogP contribution in [0.4, 0.5) is 0 Å². The lowest BCUT2D eigenvalue weighted by Crippen LogP contribution is -2.55. The molecule has 1 aromatic carbocycles. The second kappa shape index (κ2) is 9.75. The zero-order chi connectivity index (χ0) is 20.4. The Morgan fingerprint density at radius 2 is 2.07 bits per heavy atom. The van der Waals surface area contributed by atoms with Crippen LogP contribution < -0.4 is 15.8 Å². The minimum atomic E-state index is -0.506. The number of nitrogens with zero attached hydrogens (tertiary/aromatic N) is 4. The number of aryl methyl sites for hydroxylation is 1. The van der Waals surface area contributed by atoms with Crippen molar-refractivity contribution in [3.63, 3.8) is 0 Å². The first-order chi connectivity index (χ1) is 14.0. The van der Waals surface area contributed by atoms with E-state index in [1.54, 1.807) is 11.8 Å². The molecule has 4 rings (SSSR count). The fourth-order valence-electron chi connectivity index (χ4n) is 5.12. The van der Waals surface area contributed by atoms with E-state index in [-0.39, 0.29) is 30.4 Å². The number of carbonyl (C=O) groups is 1. The molecule has 0 aliphatic heterocycles. The number of ether oxygens (including phenoxy) is 1. The van der Waals surface area contributed by atoms with Crippen molar-refractivity contribution >= 4 is 18.3 Å². The molecule has 164 valence electrons. The van der Waals surface area contributed by atoms with Gasteiger partial charge in [0.05, 0.1) is 7.11 Å².